The molecule has 0 unspecified atom stereocenters. The van der Waals surface area contributed by atoms with Gasteiger partial charge in [0.1, 0.15) is 11.4 Å². The minimum absolute atomic E-state index is 0.273. The average molecular weight is 398 g/mol. The summed E-state index contributed by atoms with van der Waals surface area (Å²) in [6, 6.07) is 16.5. The third kappa shape index (κ3) is 4.41. The smallest absolute Gasteiger partial charge is 0.319 e. The Morgan fingerprint density at radius 3 is 1.93 bits per heavy atom. The molecule has 0 saturated carbocycles. The lowest BCUT2D eigenvalue weighted by Crippen LogP contribution is -2.43. The number of benzene rings is 1. The first-order chi connectivity index (χ1) is 14.4. The molecule has 0 aliphatic rings. The van der Waals surface area contributed by atoms with E-state index < -0.39 is 0 Å². The molecule has 3 aromatic heterocycles. The van der Waals surface area contributed by atoms with Crippen LogP contribution in [0.3, 0.4) is 0 Å². The number of rotatable bonds is 3. The van der Waals surface area contributed by atoms with Gasteiger partial charge in [0, 0.05) is 23.6 Å². The molecular formula is C23H22N6O. The lowest BCUT2D eigenvalue weighted by atomic mass is 10.1. The van der Waals surface area contributed by atoms with Gasteiger partial charge >= 0.3 is 6.03 Å². The number of anilines is 1. The van der Waals surface area contributed by atoms with Crippen molar-refractivity contribution in [2.45, 2.75) is 26.3 Å². The molecule has 4 rings (SSSR count). The molecule has 2 amide bonds. The predicted molar refractivity (Wildman–Crippen MR) is 118 cm³/mol. The van der Waals surface area contributed by atoms with Crippen molar-refractivity contribution < 1.29 is 4.79 Å². The molecule has 0 spiro atoms. The molecule has 0 bridgehead atoms. The Bertz CT molecular complexity index is 1190. The van der Waals surface area contributed by atoms with Crippen molar-refractivity contribution in [3.8, 4) is 22.8 Å². The normalized spacial score (nSPS) is 11.3. The van der Waals surface area contributed by atoms with E-state index in [2.05, 4.69) is 20.6 Å². The van der Waals surface area contributed by atoms with Crippen molar-refractivity contribution in [1.82, 2.24) is 25.3 Å². The highest BCUT2D eigenvalue weighted by atomic mass is 16.2. The summed E-state index contributed by atoms with van der Waals surface area (Å²) in [4.78, 5) is 30.7. The van der Waals surface area contributed by atoms with Crippen LogP contribution in [0.1, 0.15) is 20.8 Å². The lowest BCUT2D eigenvalue weighted by Gasteiger charge is -2.20. The highest BCUT2D eigenvalue weighted by molar-refractivity contribution is 5.93. The van der Waals surface area contributed by atoms with Gasteiger partial charge in [0.25, 0.3) is 0 Å². The number of aromatic nitrogens is 4. The van der Waals surface area contributed by atoms with Crippen LogP contribution in [0.25, 0.3) is 33.8 Å². The predicted octanol–water partition coefficient (Wildman–Crippen LogP) is 4.67. The Balaban J connectivity index is 1.79. The van der Waals surface area contributed by atoms with E-state index in [0.717, 1.165) is 5.69 Å². The van der Waals surface area contributed by atoms with Gasteiger partial charge in [0.15, 0.2) is 0 Å². The molecule has 0 radical (unpaired) electrons. The minimum Gasteiger partial charge on any atom is -0.333 e. The Labute approximate surface area is 174 Å². The molecule has 4 aromatic rings. The molecule has 0 fully saturated rings. The molecule has 7 heteroatoms. The van der Waals surface area contributed by atoms with Crippen LogP contribution in [0.2, 0.25) is 0 Å². The van der Waals surface area contributed by atoms with Crippen molar-refractivity contribution in [2.24, 2.45) is 0 Å². The van der Waals surface area contributed by atoms with E-state index in [1.165, 1.54) is 0 Å². The van der Waals surface area contributed by atoms with Crippen molar-refractivity contribution in [3.63, 3.8) is 0 Å². The zero-order valence-corrected chi connectivity index (χ0v) is 17.0. The summed E-state index contributed by atoms with van der Waals surface area (Å²) in [5.74, 6) is 0. The number of hydrogen-bond donors (Lipinski definition) is 2. The molecule has 7 nitrogen and oxygen atoms in total. The molecule has 30 heavy (non-hydrogen) atoms. The Kier molecular flexibility index (Phi) is 5.10. The van der Waals surface area contributed by atoms with E-state index >= 15 is 0 Å². The number of amides is 2. The van der Waals surface area contributed by atoms with Gasteiger partial charge in [-0.15, -0.1) is 0 Å². The summed E-state index contributed by atoms with van der Waals surface area (Å²) in [6.07, 6.45) is 3.45. The quantitative estimate of drug-likeness (QED) is 0.523. The van der Waals surface area contributed by atoms with Gasteiger partial charge in [0.05, 0.1) is 22.4 Å². The second-order valence-corrected chi connectivity index (χ2v) is 7.88. The van der Waals surface area contributed by atoms with Crippen LogP contribution in [0.5, 0.6) is 0 Å². The number of fused-ring (bicyclic) bond motifs is 1. The van der Waals surface area contributed by atoms with Gasteiger partial charge in [-0.2, -0.15) is 0 Å². The van der Waals surface area contributed by atoms with Crippen LogP contribution in [0.15, 0.2) is 67.0 Å². The standard InChI is InChI=1S/C23H22N6O/c1-23(2,3)29-22(30)26-15-10-11-16-19(14-15)28-21(18-9-5-7-13-25-18)20(27-16)17-8-4-6-12-24-17/h4-14H,1-3H3,(H2,26,29,30). The first kappa shape index (κ1) is 19.4. The van der Waals surface area contributed by atoms with Gasteiger partial charge < -0.3 is 10.6 Å². The summed E-state index contributed by atoms with van der Waals surface area (Å²) in [5.41, 5.74) is 4.39. The lowest BCUT2D eigenvalue weighted by molar-refractivity contribution is 0.244. The summed E-state index contributed by atoms with van der Waals surface area (Å²) in [7, 11) is 0. The Hall–Kier alpha value is -3.87. The van der Waals surface area contributed by atoms with Gasteiger partial charge in [-0.1, -0.05) is 12.1 Å². The topological polar surface area (TPSA) is 92.7 Å². The van der Waals surface area contributed by atoms with Crippen molar-refractivity contribution in [3.05, 3.63) is 67.0 Å². The van der Waals surface area contributed by atoms with E-state index in [1.54, 1.807) is 18.5 Å². The fourth-order valence-corrected chi connectivity index (χ4v) is 3.00. The number of pyridine rings is 2. The fraction of sp³-hybridized carbons (Fsp3) is 0.174. The van der Waals surface area contributed by atoms with Crippen LogP contribution < -0.4 is 10.6 Å². The number of nitrogens with zero attached hydrogens (tertiary/aromatic N) is 4. The van der Waals surface area contributed by atoms with Crippen molar-refractivity contribution in [1.29, 1.82) is 0 Å². The van der Waals surface area contributed by atoms with Crippen molar-refractivity contribution >= 4 is 22.8 Å². The number of carbonyl (C=O) groups is 1. The SMILES string of the molecule is CC(C)(C)NC(=O)Nc1ccc2nc(-c3ccccn3)c(-c3ccccn3)nc2c1. The third-order valence-corrected chi connectivity index (χ3v) is 4.23. The van der Waals surface area contributed by atoms with Crippen LogP contribution in [0.4, 0.5) is 10.5 Å². The zero-order valence-electron chi connectivity index (χ0n) is 17.0. The molecule has 0 saturated heterocycles. The molecule has 0 aliphatic carbocycles. The molecule has 0 aliphatic heterocycles. The summed E-state index contributed by atoms with van der Waals surface area (Å²) >= 11 is 0. The number of hydrogen-bond acceptors (Lipinski definition) is 5. The van der Waals surface area contributed by atoms with Gasteiger partial charge in [0.2, 0.25) is 0 Å². The largest absolute Gasteiger partial charge is 0.333 e. The molecular weight excluding hydrogens is 376 g/mol. The minimum atomic E-state index is -0.329. The van der Waals surface area contributed by atoms with Crippen molar-refractivity contribution in [2.75, 3.05) is 5.32 Å². The van der Waals surface area contributed by atoms with Crippen LogP contribution in [-0.4, -0.2) is 31.5 Å². The number of nitrogens with one attached hydrogen (secondary N) is 2. The summed E-state index contributed by atoms with van der Waals surface area (Å²) in [6.45, 7) is 5.78. The summed E-state index contributed by atoms with van der Waals surface area (Å²) in [5, 5.41) is 5.73. The first-order valence-electron chi connectivity index (χ1n) is 9.63. The van der Waals surface area contributed by atoms with Crippen LogP contribution in [0, 0.1) is 0 Å². The van der Waals surface area contributed by atoms with Gasteiger partial charge in [-0.3, -0.25) is 9.97 Å². The number of carbonyl (C=O) groups excluding carboxylic acids is 1. The monoisotopic (exact) mass is 398 g/mol. The molecule has 2 N–H and O–H groups in total. The second-order valence-electron chi connectivity index (χ2n) is 7.88. The third-order valence-electron chi connectivity index (χ3n) is 4.23. The molecule has 3 heterocycles. The molecule has 0 atom stereocenters. The maximum Gasteiger partial charge on any atom is 0.319 e. The second kappa shape index (κ2) is 7.87. The van der Waals surface area contributed by atoms with E-state index in [1.807, 2.05) is 69.3 Å². The maximum atomic E-state index is 12.2. The fourth-order valence-electron chi connectivity index (χ4n) is 3.00. The highest BCUT2D eigenvalue weighted by Gasteiger charge is 2.16. The zero-order chi connectivity index (χ0) is 21.1. The van der Waals surface area contributed by atoms with Gasteiger partial charge in [-0.25, -0.2) is 14.8 Å². The van der Waals surface area contributed by atoms with Crippen LogP contribution in [-0.2, 0) is 0 Å². The van der Waals surface area contributed by atoms with E-state index in [4.69, 9.17) is 9.97 Å². The number of urea groups is 1. The average Bonchev–Trinajstić information content (AvgIpc) is 2.72. The highest BCUT2D eigenvalue weighted by Crippen LogP contribution is 2.29. The molecule has 1 aromatic carbocycles. The van der Waals surface area contributed by atoms with E-state index in [0.29, 0.717) is 33.8 Å². The maximum absolute atomic E-state index is 12.2. The van der Waals surface area contributed by atoms with E-state index in [-0.39, 0.29) is 11.6 Å². The first-order valence-corrected chi connectivity index (χ1v) is 9.63. The Morgan fingerprint density at radius 1 is 0.800 bits per heavy atom. The summed E-state index contributed by atoms with van der Waals surface area (Å²) < 4.78 is 0. The van der Waals surface area contributed by atoms with Gasteiger partial charge in [-0.05, 0) is 63.2 Å². The Morgan fingerprint density at radius 2 is 1.40 bits per heavy atom. The molecule has 150 valence electrons. The van der Waals surface area contributed by atoms with Crippen LogP contribution >= 0.6 is 0 Å². The van der Waals surface area contributed by atoms with E-state index in [9.17, 15) is 4.79 Å².